The van der Waals surface area contributed by atoms with E-state index in [9.17, 15) is 9.59 Å². The Kier molecular flexibility index (Phi) is 6.97. The van der Waals surface area contributed by atoms with E-state index in [-0.39, 0.29) is 11.8 Å². The summed E-state index contributed by atoms with van der Waals surface area (Å²) in [5, 5.41) is 11.0. The van der Waals surface area contributed by atoms with Crippen molar-refractivity contribution in [2.24, 2.45) is 0 Å². The van der Waals surface area contributed by atoms with Crippen molar-refractivity contribution in [1.82, 2.24) is 20.4 Å². The third-order valence-electron chi connectivity index (χ3n) is 3.09. The van der Waals surface area contributed by atoms with Gasteiger partial charge in [0, 0.05) is 19.1 Å². The molecule has 2 amide bonds. The molecule has 1 aliphatic rings. The summed E-state index contributed by atoms with van der Waals surface area (Å²) in [7, 11) is 0. The molecule has 0 aliphatic heterocycles. The number of nitrogens with zero attached hydrogens (tertiary/aromatic N) is 3. The quantitative estimate of drug-likeness (QED) is 0.678. The molecule has 1 aromatic heterocycles. The van der Waals surface area contributed by atoms with Crippen LogP contribution in [0.3, 0.4) is 0 Å². The van der Waals surface area contributed by atoms with Crippen LogP contribution in [0.1, 0.15) is 26.7 Å². The minimum atomic E-state index is 0.0496. The number of aromatic nitrogens is 2. The summed E-state index contributed by atoms with van der Waals surface area (Å²) in [5.74, 6) is 0.911. The highest BCUT2D eigenvalue weighted by Gasteiger charge is 2.23. The number of amides is 2. The van der Waals surface area contributed by atoms with Crippen LogP contribution >= 0.6 is 34.9 Å². The number of hydrogen-bond acceptors (Lipinski definition) is 7. The minimum absolute atomic E-state index is 0.0496. The van der Waals surface area contributed by atoms with Crippen LogP contribution in [0.25, 0.3) is 0 Å². The van der Waals surface area contributed by atoms with Crippen LogP contribution in [0.5, 0.6) is 0 Å². The Balaban J connectivity index is 1.71. The maximum Gasteiger partial charge on any atom is 0.233 e. The van der Waals surface area contributed by atoms with E-state index < -0.39 is 0 Å². The van der Waals surface area contributed by atoms with Gasteiger partial charge in [-0.1, -0.05) is 34.9 Å². The van der Waals surface area contributed by atoms with Gasteiger partial charge in [-0.15, -0.1) is 10.2 Å². The molecule has 0 spiro atoms. The SMILES string of the molecule is CCN(CC)C(=O)CSc1nnc(SCC(=O)NC2CC2)s1. The predicted octanol–water partition coefficient (Wildman–Crippen LogP) is 1.87. The monoisotopic (exact) mass is 360 g/mol. The van der Waals surface area contributed by atoms with Crippen molar-refractivity contribution in [1.29, 1.82) is 0 Å². The van der Waals surface area contributed by atoms with Gasteiger partial charge in [0.25, 0.3) is 0 Å². The van der Waals surface area contributed by atoms with Gasteiger partial charge in [0.15, 0.2) is 8.68 Å². The molecule has 1 fully saturated rings. The first-order chi connectivity index (χ1) is 10.6. The molecule has 1 N–H and O–H groups in total. The zero-order valence-electron chi connectivity index (χ0n) is 12.7. The van der Waals surface area contributed by atoms with Gasteiger partial charge in [-0.05, 0) is 26.7 Å². The summed E-state index contributed by atoms with van der Waals surface area (Å²) in [5.41, 5.74) is 0. The second-order valence-corrected chi connectivity index (χ2v) is 8.24. The molecule has 0 radical (unpaired) electrons. The lowest BCUT2D eigenvalue weighted by Gasteiger charge is -2.17. The standard InChI is InChI=1S/C13H20N4O2S3/c1-3-17(4-2)11(19)8-21-13-16-15-12(22-13)20-7-10(18)14-9-5-6-9/h9H,3-8H2,1-2H3,(H,14,18). The third kappa shape index (κ3) is 5.77. The third-order valence-corrected chi connectivity index (χ3v) is 6.27. The lowest BCUT2D eigenvalue weighted by atomic mass is 10.5. The van der Waals surface area contributed by atoms with E-state index in [1.165, 1.54) is 34.9 Å². The van der Waals surface area contributed by atoms with Crippen LogP contribution in [-0.4, -0.2) is 57.5 Å². The fourth-order valence-electron chi connectivity index (χ4n) is 1.73. The zero-order chi connectivity index (χ0) is 15.9. The van der Waals surface area contributed by atoms with Crippen LogP contribution < -0.4 is 5.32 Å². The smallest absolute Gasteiger partial charge is 0.233 e. The first-order valence-corrected chi connectivity index (χ1v) is 10.1. The van der Waals surface area contributed by atoms with Crippen molar-refractivity contribution in [3.05, 3.63) is 0 Å². The van der Waals surface area contributed by atoms with E-state index in [0.717, 1.165) is 34.6 Å². The summed E-state index contributed by atoms with van der Waals surface area (Å²) >= 11 is 4.23. The molecule has 0 aromatic carbocycles. The second-order valence-electron chi connectivity index (χ2n) is 4.82. The molecule has 1 aromatic rings. The molecule has 0 unspecified atom stereocenters. The van der Waals surface area contributed by atoms with Crippen LogP contribution in [0.15, 0.2) is 8.68 Å². The fourth-order valence-corrected chi connectivity index (χ4v) is 4.46. The first-order valence-electron chi connectivity index (χ1n) is 7.28. The average molecular weight is 361 g/mol. The van der Waals surface area contributed by atoms with Crippen molar-refractivity contribution in [2.75, 3.05) is 24.6 Å². The van der Waals surface area contributed by atoms with Gasteiger partial charge in [0.05, 0.1) is 11.5 Å². The van der Waals surface area contributed by atoms with Crippen molar-refractivity contribution in [2.45, 2.75) is 41.4 Å². The highest BCUT2D eigenvalue weighted by atomic mass is 32.2. The van der Waals surface area contributed by atoms with Crippen molar-refractivity contribution in [3.8, 4) is 0 Å². The van der Waals surface area contributed by atoms with Crippen molar-refractivity contribution in [3.63, 3.8) is 0 Å². The summed E-state index contributed by atoms with van der Waals surface area (Å²) in [6.45, 7) is 5.39. The van der Waals surface area contributed by atoms with Gasteiger partial charge in [-0.2, -0.15) is 0 Å². The molecule has 1 aliphatic carbocycles. The average Bonchev–Trinajstić information content (AvgIpc) is 3.20. The highest BCUT2D eigenvalue weighted by Crippen LogP contribution is 2.29. The molecule has 1 heterocycles. The van der Waals surface area contributed by atoms with E-state index in [0.29, 0.717) is 17.5 Å². The first kappa shape index (κ1) is 17.6. The summed E-state index contributed by atoms with van der Waals surface area (Å²) in [4.78, 5) is 25.3. The molecular weight excluding hydrogens is 340 g/mol. The Bertz CT molecular complexity index is 515. The Labute approximate surface area is 142 Å². The van der Waals surface area contributed by atoms with E-state index in [1.54, 1.807) is 4.90 Å². The summed E-state index contributed by atoms with van der Waals surface area (Å²) in [6.07, 6.45) is 2.19. The van der Waals surface area contributed by atoms with Crippen LogP contribution in [-0.2, 0) is 9.59 Å². The minimum Gasteiger partial charge on any atom is -0.353 e. The molecule has 0 atom stereocenters. The van der Waals surface area contributed by atoms with Crippen LogP contribution in [0.2, 0.25) is 0 Å². The molecule has 2 rings (SSSR count). The molecule has 1 saturated carbocycles. The van der Waals surface area contributed by atoms with Crippen molar-refractivity contribution < 1.29 is 9.59 Å². The molecule has 22 heavy (non-hydrogen) atoms. The lowest BCUT2D eigenvalue weighted by Crippen LogP contribution is -2.31. The van der Waals surface area contributed by atoms with Crippen LogP contribution in [0, 0.1) is 0 Å². The Hall–Kier alpha value is -0.800. The maximum atomic E-state index is 11.9. The zero-order valence-corrected chi connectivity index (χ0v) is 15.2. The van der Waals surface area contributed by atoms with Crippen LogP contribution in [0.4, 0.5) is 0 Å². The van der Waals surface area contributed by atoms with E-state index in [2.05, 4.69) is 15.5 Å². The number of nitrogens with one attached hydrogen (secondary N) is 1. The normalized spacial score (nSPS) is 13.9. The summed E-state index contributed by atoms with van der Waals surface area (Å²) in [6, 6.07) is 0.389. The van der Waals surface area contributed by atoms with Gasteiger partial charge in [0.2, 0.25) is 11.8 Å². The predicted molar refractivity (Wildman–Crippen MR) is 90.4 cm³/mol. The number of hydrogen-bond donors (Lipinski definition) is 1. The molecular formula is C13H20N4O2S3. The van der Waals surface area contributed by atoms with Gasteiger partial charge in [-0.25, -0.2) is 0 Å². The van der Waals surface area contributed by atoms with E-state index >= 15 is 0 Å². The Morgan fingerprint density at radius 1 is 1.18 bits per heavy atom. The number of thioether (sulfide) groups is 2. The van der Waals surface area contributed by atoms with Gasteiger partial charge in [-0.3, -0.25) is 9.59 Å². The number of rotatable bonds is 9. The van der Waals surface area contributed by atoms with Gasteiger partial charge < -0.3 is 10.2 Å². The fraction of sp³-hybridized carbons (Fsp3) is 0.692. The Morgan fingerprint density at radius 3 is 2.32 bits per heavy atom. The Morgan fingerprint density at radius 2 is 1.77 bits per heavy atom. The lowest BCUT2D eigenvalue weighted by molar-refractivity contribution is -0.128. The molecule has 6 nitrogen and oxygen atoms in total. The largest absolute Gasteiger partial charge is 0.353 e. The van der Waals surface area contributed by atoms with Crippen molar-refractivity contribution >= 4 is 46.7 Å². The highest BCUT2D eigenvalue weighted by molar-refractivity contribution is 8.03. The topological polar surface area (TPSA) is 75.2 Å². The molecule has 9 heteroatoms. The summed E-state index contributed by atoms with van der Waals surface area (Å²) < 4.78 is 1.54. The molecule has 122 valence electrons. The van der Waals surface area contributed by atoms with E-state index in [1.807, 2.05) is 13.8 Å². The van der Waals surface area contributed by atoms with E-state index in [4.69, 9.17) is 0 Å². The maximum absolute atomic E-state index is 11.9. The second kappa shape index (κ2) is 8.73. The molecule has 0 bridgehead atoms. The van der Waals surface area contributed by atoms with Gasteiger partial charge in [0.1, 0.15) is 0 Å². The number of carbonyl (C=O) groups excluding carboxylic acids is 2. The number of carbonyl (C=O) groups is 2. The van der Waals surface area contributed by atoms with Gasteiger partial charge >= 0.3 is 0 Å². The molecule has 0 saturated heterocycles.